The molecule has 1 aromatic rings. The average Bonchev–Trinajstić information content (AvgIpc) is 3.25. The SMILES string of the molecule is C=C(/C=C(F)\C(=C/C)CN1Cc2ncccc2C1=O)C1CCC2N=CN(C)[C@@H]2C1. The van der Waals surface area contributed by atoms with E-state index >= 15 is 4.39 Å². The van der Waals surface area contributed by atoms with E-state index in [1.54, 1.807) is 42.3 Å². The molecule has 152 valence electrons. The first-order valence-electron chi connectivity index (χ1n) is 10.2. The number of halogens is 1. The number of fused-ring (bicyclic) bond motifs is 2. The number of pyridine rings is 1. The number of hydrogen-bond acceptors (Lipinski definition) is 4. The fourth-order valence-corrected chi connectivity index (χ4v) is 4.55. The number of carbonyl (C=O) groups excluding carboxylic acids is 1. The minimum Gasteiger partial charge on any atom is -0.361 e. The number of carbonyl (C=O) groups is 1. The number of allylic oxidation sites excluding steroid dienone is 3. The van der Waals surface area contributed by atoms with Crippen molar-refractivity contribution in [3.63, 3.8) is 0 Å². The second-order valence-electron chi connectivity index (χ2n) is 8.11. The maximum absolute atomic E-state index is 15.1. The van der Waals surface area contributed by atoms with Gasteiger partial charge in [-0.15, -0.1) is 0 Å². The van der Waals surface area contributed by atoms with Crippen LogP contribution >= 0.6 is 0 Å². The Labute approximate surface area is 171 Å². The van der Waals surface area contributed by atoms with Gasteiger partial charge in [-0.2, -0.15) is 0 Å². The van der Waals surface area contributed by atoms with Crippen LogP contribution in [0.1, 0.15) is 42.2 Å². The molecule has 5 nitrogen and oxygen atoms in total. The third kappa shape index (κ3) is 3.76. The van der Waals surface area contributed by atoms with Gasteiger partial charge in [-0.25, -0.2) is 4.39 Å². The van der Waals surface area contributed by atoms with Gasteiger partial charge in [-0.3, -0.25) is 14.8 Å². The normalized spacial score (nSPS) is 26.7. The summed E-state index contributed by atoms with van der Waals surface area (Å²) in [6.07, 6.45) is 9.81. The quantitative estimate of drug-likeness (QED) is 0.712. The molecule has 0 aromatic carbocycles. The van der Waals surface area contributed by atoms with E-state index in [2.05, 4.69) is 21.5 Å². The lowest BCUT2D eigenvalue weighted by atomic mass is 9.79. The molecule has 1 fully saturated rings. The van der Waals surface area contributed by atoms with Gasteiger partial charge in [0, 0.05) is 25.4 Å². The lowest BCUT2D eigenvalue weighted by Gasteiger charge is -2.34. The van der Waals surface area contributed by atoms with Crippen LogP contribution in [0.15, 0.2) is 59.0 Å². The molecule has 2 aliphatic heterocycles. The summed E-state index contributed by atoms with van der Waals surface area (Å²) >= 11 is 0. The largest absolute Gasteiger partial charge is 0.361 e. The third-order valence-corrected chi connectivity index (χ3v) is 6.35. The number of rotatable bonds is 5. The molecule has 2 unspecified atom stereocenters. The number of hydrogen-bond donors (Lipinski definition) is 0. The summed E-state index contributed by atoms with van der Waals surface area (Å²) in [6, 6.07) is 4.27. The summed E-state index contributed by atoms with van der Waals surface area (Å²) in [5, 5.41) is 0. The summed E-state index contributed by atoms with van der Waals surface area (Å²) in [5.74, 6) is -0.153. The smallest absolute Gasteiger partial charge is 0.256 e. The highest BCUT2D eigenvalue weighted by Crippen LogP contribution is 2.36. The van der Waals surface area contributed by atoms with Crippen molar-refractivity contribution in [1.82, 2.24) is 14.8 Å². The Morgan fingerprint density at radius 1 is 1.41 bits per heavy atom. The van der Waals surface area contributed by atoms with Gasteiger partial charge < -0.3 is 9.80 Å². The molecule has 3 aliphatic rings. The van der Waals surface area contributed by atoms with Crippen LogP contribution in [0.25, 0.3) is 0 Å². The first-order chi connectivity index (χ1) is 14.0. The number of likely N-dealkylation sites (N-methyl/N-ethyl adjacent to an activating group) is 1. The maximum Gasteiger partial charge on any atom is 0.256 e. The molecular formula is C23H27FN4O. The Balaban J connectivity index is 1.41. The Morgan fingerprint density at radius 2 is 2.24 bits per heavy atom. The van der Waals surface area contributed by atoms with Crippen molar-refractivity contribution in [3.8, 4) is 0 Å². The van der Waals surface area contributed by atoms with Crippen LogP contribution in [0.3, 0.4) is 0 Å². The first-order valence-corrected chi connectivity index (χ1v) is 10.2. The Bertz CT molecular complexity index is 919. The van der Waals surface area contributed by atoms with Crippen LogP contribution in [-0.2, 0) is 6.54 Å². The molecule has 1 amide bonds. The topological polar surface area (TPSA) is 48.8 Å². The molecule has 1 aliphatic carbocycles. The molecular weight excluding hydrogens is 367 g/mol. The fraction of sp³-hybridized carbons (Fsp3) is 0.435. The molecule has 0 bridgehead atoms. The summed E-state index contributed by atoms with van der Waals surface area (Å²) < 4.78 is 15.1. The molecule has 0 N–H and O–H groups in total. The van der Waals surface area contributed by atoms with Crippen molar-refractivity contribution in [2.75, 3.05) is 13.6 Å². The molecule has 4 rings (SSSR count). The van der Waals surface area contributed by atoms with Crippen LogP contribution in [-0.4, -0.2) is 52.7 Å². The van der Waals surface area contributed by atoms with Gasteiger partial charge in [0.2, 0.25) is 0 Å². The Kier molecular flexibility index (Phi) is 5.35. The van der Waals surface area contributed by atoms with Gasteiger partial charge in [-0.1, -0.05) is 12.7 Å². The highest BCUT2D eigenvalue weighted by atomic mass is 19.1. The van der Waals surface area contributed by atoms with Crippen molar-refractivity contribution in [2.45, 2.75) is 44.8 Å². The van der Waals surface area contributed by atoms with Crippen LogP contribution in [0.2, 0.25) is 0 Å². The van der Waals surface area contributed by atoms with Crippen LogP contribution < -0.4 is 0 Å². The third-order valence-electron chi connectivity index (χ3n) is 6.35. The standard InChI is InChI=1S/C23H27FN4O/c1-4-16(12-28-13-21-18(23(28)29)6-5-9-25-21)19(24)10-15(2)17-7-8-20-22(11-17)27(3)14-26-20/h4-6,9-10,14,17,20,22H,2,7-8,11-13H2,1,3H3/b16-4-,19-10+/t17?,20?,22-/m1/s1. The molecule has 1 saturated carbocycles. The zero-order valence-electron chi connectivity index (χ0n) is 17.0. The van der Waals surface area contributed by atoms with Gasteiger partial charge in [-0.05, 0) is 55.9 Å². The van der Waals surface area contributed by atoms with Crippen LogP contribution in [0.4, 0.5) is 4.39 Å². The Morgan fingerprint density at radius 3 is 3.00 bits per heavy atom. The van der Waals surface area contributed by atoms with Gasteiger partial charge in [0.1, 0.15) is 5.83 Å². The minimum absolute atomic E-state index is 0.0957. The fourth-order valence-electron chi connectivity index (χ4n) is 4.55. The van der Waals surface area contributed by atoms with E-state index in [0.717, 1.165) is 30.5 Å². The average molecular weight is 394 g/mol. The van der Waals surface area contributed by atoms with E-state index in [-0.39, 0.29) is 24.2 Å². The zero-order valence-corrected chi connectivity index (χ0v) is 17.0. The second-order valence-corrected chi connectivity index (χ2v) is 8.11. The highest BCUT2D eigenvalue weighted by Gasteiger charge is 2.36. The van der Waals surface area contributed by atoms with Crippen molar-refractivity contribution < 1.29 is 9.18 Å². The van der Waals surface area contributed by atoms with Gasteiger partial charge in [0.25, 0.3) is 5.91 Å². The van der Waals surface area contributed by atoms with E-state index in [1.165, 1.54) is 0 Å². The molecule has 29 heavy (non-hydrogen) atoms. The molecule has 3 heterocycles. The minimum atomic E-state index is -0.313. The van der Waals surface area contributed by atoms with E-state index in [4.69, 9.17) is 0 Å². The summed E-state index contributed by atoms with van der Waals surface area (Å²) in [5.41, 5.74) is 2.68. The molecule has 3 atom stereocenters. The number of aromatic nitrogens is 1. The first kappa shape index (κ1) is 19.6. The number of nitrogens with zero attached hydrogens (tertiary/aromatic N) is 4. The molecule has 0 radical (unpaired) electrons. The van der Waals surface area contributed by atoms with Gasteiger partial charge in [0.15, 0.2) is 0 Å². The van der Waals surface area contributed by atoms with E-state index in [9.17, 15) is 4.79 Å². The predicted molar refractivity (Wildman–Crippen MR) is 112 cm³/mol. The summed E-state index contributed by atoms with van der Waals surface area (Å²) in [4.78, 5) is 25.2. The number of aliphatic imine (C=N–C) groups is 1. The van der Waals surface area contributed by atoms with Crippen molar-refractivity contribution >= 4 is 12.2 Å². The number of amides is 1. The van der Waals surface area contributed by atoms with Crippen LogP contribution in [0, 0.1) is 5.92 Å². The predicted octanol–water partition coefficient (Wildman–Crippen LogP) is 3.90. The molecule has 1 aromatic heterocycles. The van der Waals surface area contributed by atoms with Crippen LogP contribution in [0.5, 0.6) is 0 Å². The molecule has 0 saturated heterocycles. The lowest BCUT2D eigenvalue weighted by molar-refractivity contribution is 0.0792. The van der Waals surface area contributed by atoms with Crippen molar-refractivity contribution in [2.24, 2.45) is 10.9 Å². The second kappa shape index (κ2) is 7.93. The summed E-state index contributed by atoms with van der Waals surface area (Å²) in [7, 11) is 2.05. The maximum atomic E-state index is 15.1. The van der Waals surface area contributed by atoms with E-state index in [0.29, 0.717) is 29.8 Å². The molecule has 0 spiro atoms. The van der Waals surface area contributed by atoms with Crippen molar-refractivity contribution in [1.29, 1.82) is 0 Å². The molecule has 6 heteroatoms. The van der Waals surface area contributed by atoms with Gasteiger partial charge >= 0.3 is 0 Å². The van der Waals surface area contributed by atoms with Gasteiger partial charge in [0.05, 0.1) is 36.2 Å². The van der Waals surface area contributed by atoms with E-state index in [1.807, 2.05) is 13.4 Å². The summed E-state index contributed by atoms with van der Waals surface area (Å²) in [6.45, 7) is 6.60. The highest BCUT2D eigenvalue weighted by molar-refractivity contribution is 5.97. The van der Waals surface area contributed by atoms with E-state index < -0.39 is 0 Å². The lowest BCUT2D eigenvalue weighted by Crippen LogP contribution is -2.39. The Hall–Kier alpha value is -2.76. The monoisotopic (exact) mass is 394 g/mol. The van der Waals surface area contributed by atoms with Crippen molar-refractivity contribution in [3.05, 3.63) is 65.3 Å². The zero-order chi connectivity index (χ0) is 20.5.